The van der Waals surface area contributed by atoms with Gasteiger partial charge in [0.1, 0.15) is 5.82 Å². The second-order valence-corrected chi connectivity index (χ2v) is 8.13. The fourth-order valence-electron chi connectivity index (χ4n) is 3.46. The van der Waals surface area contributed by atoms with Crippen molar-refractivity contribution in [3.05, 3.63) is 77.5 Å². The molecule has 1 aliphatic heterocycles. The lowest BCUT2D eigenvalue weighted by Crippen LogP contribution is -2.31. The highest BCUT2D eigenvalue weighted by Gasteiger charge is 2.17. The molecule has 138 valence electrons. The summed E-state index contributed by atoms with van der Waals surface area (Å²) in [5.74, 6) is 1.60. The first-order valence-electron chi connectivity index (χ1n) is 9.51. The van der Waals surface area contributed by atoms with Crippen LogP contribution in [0.1, 0.15) is 37.5 Å². The maximum absolute atomic E-state index is 4.74. The molecule has 27 heavy (non-hydrogen) atoms. The molecule has 1 N–H and O–H groups in total. The van der Waals surface area contributed by atoms with Gasteiger partial charge in [-0.05, 0) is 46.7 Å². The number of nitrogens with one attached hydrogen (secondary N) is 1. The Labute approximate surface area is 161 Å². The first-order chi connectivity index (χ1) is 13.0. The van der Waals surface area contributed by atoms with Gasteiger partial charge in [0.2, 0.25) is 5.95 Å². The molecule has 0 bridgehead atoms. The maximum atomic E-state index is 4.74. The Kier molecular flexibility index (Phi) is 4.56. The zero-order valence-corrected chi connectivity index (χ0v) is 16.2. The third-order valence-corrected chi connectivity index (χ3v) is 5.10. The molecule has 4 nitrogen and oxygen atoms in total. The van der Waals surface area contributed by atoms with Crippen LogP contribution in [0.15, 0.2) is 60.8 Å². The van der Waals surface area contributed by atoms with E-state index >= 15 is 0 Å². The van der Waals surface area contributed by atoms with Crippen LogP contribution in [-0.4, -0.2) is 16.5 Å². The van der Waals surface area contributed by atoms with Crippen LogP contribution < -0.4 is 10.2 Å². The Morgan fingerprint density at radius 1 is 0.926 bits per heavy atom. The van der Waals surface area contributed by atoms with Crippen LogP contribution in [0.2, 0.25) is 0 Å². The zero-order chi connectivity index (χ0) is 18.9. The normalized spacial score (nSPS) is 14.0. The third kappa shape index (κ3) is 3.95. The molecule has 0 saturated heterocycles. The molecule has 0 spiro atoms. The predicted molar refractivity (Wildman–Crippen MR) is 112 cm³/mol. The van der Waals surface area contributed by atoms with Gasteiger partial charge in [0.05, 0.1) is 0 Å². The Balaban J connectivity index is 1.50. The molecule has 0 saturated carbocycles. The lowest BCUT2D eigenvalue weighted by molar-refractivity contribution is 0.590. The smallest absolute Gasteiger partial charge is 0.229 e. The zero-order valence-electron chi connectivity index (χ0n) is 16.2. The van der Waals surface area contributed by atoms with Crippen LogP contribution in [0, 0.1) is 0 Å². The van der Waals surface area contributed by atoms with E-state index in [4.69, 9.17) is 4.98 Å². The van der Waals surface area contributed by atoms with Gasteiger partial charge in [-0.25, -0.2) is 4.98 Å². The van der Waals surface area contributed by atoms with Crippen LogP contribution in [0.25, 0.3) is 0 Å². The standard InChI is InChI=1S/C23H26N4/c1-23(2,3)19-8-10-20(11-9-19)25-22-24-14-12-21(26-22)27-15-13-17-6-4-5-7-18(17)16-27/h4-12,14H,13,15-16H2,1-3H3,(H,24,25,26). The van der Waals surface area contributed by atoms with Gasteiger partial charge >= 0.3 is 0 Å². The minimum absolute atomic E-state index is 0.152. The molecule has 1 aromatic heterocycles. The van der Waals surface area contributed by atoms with Crippen LogP contribution in [-0.2, 0) is 18.4 Å². The Morgan fingerprint density at radius 3 is 2.41 bits per heavy atom. The number of aromatic nitrogens is 2. The number of benzene rings is 2. The highest BCUT2D eigenvalue weighted by molar-refractivity contribution is 5.56. The van der Waals surface area contributed by atoms with E-state index in [-0.39, 0.29) is 5.41 Å². The molecule has 0 unspecified atom stereocenters. The summed E-state index contributed by atoms with van der Waals surface area (Å²) < 4.78 is 0. The van der Waals surface area contributed by atoms with Gasteiger partial charge in [-0.3, -0.25) is 0 Å². The van der Waals surface area contributed by atoms with Crippen molar-refractivity contribution < 1.29 is 0 Å². The quantitative estimate of drug-likeness (QED) is 0.709. The van der Waals surface area contributed by atoms with Crippen molar-refractivity contribution in [2.24, 2.45) is 0 Å². The van der Waals surface area contributed by atoms with Gasteiger partial charge in [0.15, 0.2) is 0 Å². The molecular weight excluding hydrogens is 332 g/mol. The second kappa shape index (κ2) is 7.03. The summed E-state index contributed by atoms with van der Waals surface area (Å²) in [6, 6.07) is 19.1. The number of fused-ring (bicyclic) bond motifs is 1. The number of hydrogen-bond acceptors (Lipinski definition) is 4. The van der Waals surface area contributed by atoms with E-state index in [1.165, 1.54) is 16.7 Å². The van der Waals surface area contributed by atoms with Crippen molar-refractivity contribution in [2.75, 3.05) is 16.8 Å². The van der Waals surface area contributed by atoms with Crippen LogP contribution >= 0.6 is 0 Å². The summed E-state index contributed by atoms with van der Waals surface area (Å²) in [6.45, 7) is 8.54. The van der Waals surface area contributed by atoms with Crippen LogP contribution in [0.4, 0.5) is 17.5 Å². The molecule has 3 aromatic rings. The summed E-state index contributed by atoms with van der Waals surface area (Å²) in [4.78, 5) is 11.5. The van der Waals surface area contributed by atoms with Crippen molar-refractivity contribution >= 4 is 17.5 Å². The van der Waals surface area contributed by atoms with Gasteiger partial charge in [0, 0.05) is 25.0 Å². The maximum Gasteiger partial charge on any atom is 0.229 e. The topological polar surface area (TPSA) is 41.1 Å². The highest BCUT2D eigenvalue weighted by Crippen LogP contribution is 2.26. The number of hydrogen-bond donors (Lipinski definition) is 1. The first kappa shape index (κ1) is 17.5. The summed E-state index contributed by atoms with van der Waals surface area (Å²) >= 11 is 0. The van der Waals surface area contributed by atoms with Crippen molar-refractivity contribution in [2.45, 2.75) is 39.2 Å². The van der Waals surface area contributed by atoms with Crippen LogP contribution in [0.3, 0.4) is 0 Å². The van der Waals surface area contributed by atoms with Crippen molar-refractivity contribution in [1.29, 1.82) is 0 Å². The second-order valence-electron chi connectivity index (χ2n) is 8.13. The molecule has 2 aromatic carbocycles. The Bertz CT molecular complexity index is 926. The van der Waals surface area contributed by atoms with E-state index in [0.29, 0.717) is 5.95 Å². The SMILES string of the molecule is CC(C)(C)c1ccc(Nc2nccc(N3CCc4ccccc4C3)n2)cc1. The summed E-state index contributed by atoms with van der Waals surface area (Å²) in [6.07, 6.45) is 2.88. The van der Waals surface area contributed by atoms with Gasteiger partial charge in [0.25, 0.3) is 0 Å². The molecule has 0 aliphatic carbocycles. The Morgan fingerprint density at radius 2 is 1.67 bits per heavy atom. The van der Waals surface area contributed by atoms with Crippen LogP contribution in [0.5, 0.6) is 0 Å². The molecule has 2 heterocycles. The van der Waals surface area contributed by atoms with Gasteiger partial charge in [-0.2, -0.15) is 4.98 Å². The lowest BCUT2D eigenvalue weighted by atomic mass is 9.87. The van der Waals surface area contributed by atoms with Crippen molar-refractivity contribution in [3.8, 4) is 0 Å². The largest absolute Gasteiger partial charge is 0.352 e. The van der Waals surface area contributed by atoms with E-state index in [0.717, 1.165) is 31.0 Å². The fraction of sp³-hybridized carbons (Fsp3) is 0.304. The summed E-state index contributed by atoms with van der Waals surface area (Å²) in [5, 5.41) is 3.33. The fourth-order valence-corrected chi connectivity index (χ4v) is 3.46. The van der Waals surface area contributed by atoms with Gasteiger partial charge in [-0.1, -0.05) is 57.2 Å². The monoisotopic (exact) mass is 358 g/mol. The average Bonchev–Trinajstić information content (AvgIpc) is 2.67. The molecule has 0 amide bonds. The molecule has 4 heteroatoms. The number of rotatable bonds is 3. The Hall–Kier alpha value is -2.88. The van der Waals surface area contributed by atoms with E-state index in [2.05, 4.69) is 84.5 Å². The molecular formula is C23H26N4. The molecule has 4 rings (SSSR count). The van der Waals surface area contributed by atoms with E-state index in [9.17, 15) is 0 Å². The summed E-state index contributed by atoms with van der Waals surface area (Å²) in [5.41, 5.74) is 5.30. The van der Waals surface area contributed by atoms with E-state index < -0.39 is 0 Å². The highest BCUT2D eigenvalue weighted by atomic mass is 15.2. The van der Waals surface area contributed by atoms with Gasteiger partial charge in [-0.15, -0.1) is 0 Å². The molecule has 0 radical (unpaired) electrons. The van der Waals surface area contributed by atoms with Crippen molar-refractivity contribution in [3.63, 3.8) is 0 Å². The van der Waals surface area contributed by atoms with Gasteiger partial charge < -0.3 is 10.2 Å². The molecule has 0 atom stereocenters. The first-order valence-corrected chi connectivity index (χ1v) is 9.51. The minimum Gasteiger partial charge on any atom is -0.352 e. The third-order valence-electron chi connectivity index (χ3n) is 5.10. The van der Waals surface area contributed by atoms with E-state index in [1.807, 2.05) is 12.3 Å². The molecule has 1 aliphatic rings. The summed E-state index contributed by atoms with van der Waals surface area (Å²) in [7, 11) is 0. The average molecular weight is 358 g/mol. The lowest BCUT2D eigenvalue weighted by Gasteiger charge is -2.29. The predicted octanol–water partition coefficient (Wildman–Crippen LogP) is 5.08. The minimum atomic E-state index is 0.152. The number of nitrogens with zero attached hydrogens (tertiary/aromatic N) is 3. The van der Waals surface area contributed by atoms with E-state index in [1.54, 1.807) is 0 Å². The molecule has 0 fully saturated rings. The number of anilines is 3. The van der Waals surface area contributed by atoms with Crippen molar-refractivity contribution in [1.82, 2.24) is 9.97 Å².